The van der Waals surface area contributed by atoms with Crippen LogP contribution in [0.15, 0.2) is 54.6 Å². The van der Waals surface area contributed by atoms with Gasteiger partial charge >= 0.3 is 5.97 Å². The quantitative estimate of drug-likeness (QED) is 0.164. The van der Waals surface area contributed by atoms with Crippen molar-refractivity contribution in [1.29, 1.82) is 0 Å². The van der Waals surface area contributed by atoms with Crippen LogP contribution in [0.4, 0.5) is 11.4 Å². The summed E-state index contributed by atoms with van der Waals surface area (Å²) in [5, 5.41) is 12.0. The maximum absolute atomic E-state index is 11.3. The van der Waals surface area contributed by atoms with Gasteiger partial charge in [0, 0.05) is 24.5 Å². The number of hydrogen-bond donors (Lipinski definition) is 4. The second-order valence-corrected chi connectivity index (χ2v) is 7.18. The molecule has 0 radical (unpaired) electrons. The Balaban J connectivity index is 1.65. The van der Waals surface area contributed by atoms with Gasteiger partial charge in [-0.3, -0.25) is 14.8 Å². The Kier molecular flexibility index (Phi) is 7.63. The molecule has 31 heavy (non-hydrogen) atoms. The number of ether oxygens (including phenoxy) is 2. The van der Waals surface area contributed by atoms with Crippen LogP contribution in [0.5, 0.6) is 5.75 Å². The number of hydrogen-bond acceptors (Lipinski definition) is 7. The fourth-order valence-corrected chi connectivity index (χ4v) is 3.48. The number of H-pyrrole nitrogens is 2. The number of nitrogens with zero attached hydrogens (tertiary/aromatic N) is 1. The lowest BCUT2D eigenvalue weighted by molar-refractivity contribution is -0.134. The average molecular weight is 458 g/mol. The number of benzene rings is 2. The fraction of sp³-hybridized carbons (Fsp3) is 0.190. The van der Waals surface area contributed by atoms with E-state index in [9.17, 15) is 4.79 Å². The number of aromatic amines is 2. The Hall–Kier alpha value is -3.37. The zero-order valence-corrected chi connectivity index (χ0v) is 18.7. The lowest BCUT2D eigenvalue weighted by atomic mass is 10.1. The molecule has 8 nitrogen and oxygen atoms in total. The minimum atomic E-state index is -0.383. The molecule has 0 amide bonds. The minimum Gasteiger partial charge on any atom is -0.473 e. The van der Waals surface area contributed by atoms with Crippen molar-refractivity contribution in [3.8, 4) is 11.4 Å². The molecule has 0 unspecified atom stereocenters. The molecule has 4 N–H and O–H groups in total. The highest BCUT2D eigenvalue weighted by Crippen LogP contribution is 2.23. The van der Waals surface area contributed by atoms with Crippen LogP contribution in [0.2, 0.25) is 0 Å². The van der Waals surface area contributed by atoms with Crippen LogP contribution in [0.1, 0.15) is 5.56 Å². The number of rotatable bonds is 9. The van der Waals surface area contributed by atoms with E-state index in [0.717, 1.165) is 22.6 Å². The van der Waals surface area contributed by atoms with E-state index in [2.05, 4.69) is 25.6 Å². The molecule has 0 fully saturated rings. The summed E-state index contributed by atoms with van der Waals surface area (Å²) in [4.78, 5) is 11.3. The van der Waals surface area contributed by atoms with Crippen LogP contribution in [0.3, 0.4) is 0 Å². The standard InChI is InChI=1S/C21H23N5O3S2/c1-22-18-10-9-17(11-14(18)5-3-8-19(27)28-2)29-13-23-15-6-4-7-16(12-15)26-20(30)24-25-21(26)31/h3-4,6-12,22-23H,5,13H2,1-2H3,(H,24,30)(H,25,31)/b8-3-. The number of anilines is 2. The van der Waals surface area contributed by atoms with E-state index in [1.54, 1.807) is 10.6 Å². The summed E-state index contributed by atoms with van der Waals surface area (Å²) in [6.45, 7) is 0.269. The molecule has 2 aromatic carbocycles. The topological polar surface area (TPSA) is 96.1 Å². The van der Waals surface area contributed by atoms with Gasteiger partial charge in [-0.15, -0.1) is 0 Å². The molecule has 0 saturated carbocycles. The first-order valence-electron chi connectivity index (χ1n) is 9.44. The predicted molar refractivity (Wildman–Crippen MR) is 126 cm³/mol. The second-order valence-electron chi connectivity index (χ2n) is 6.41. The number of carbonyl (C=O) groups is 1. The molecule has 3 aromatic rings. The lowest BCUT2D eigenvalue weighted by Gasteiger charge is -2.13. The molecule has 1 aromatic heterocycles. The van der Waals surface area contributed by atoms with Crippen molar-refractivity contribution in [2.75, 3.05) is 31.5 Å². The average Bonchev–Trinajstić information content (AvgIpc) is 3.12. The summed E-state index contributed by atoms with van der Waals surface area (Å²) >= 11 is 10.5. The molecule has 3 rings (SSSR count). The SMILES string of the molecule is CNc1ccc(OCNc2cccc(-n3c(=S)[nH][nH]c3=S)c2)cc1C/C=C\C(=O)OC. The molecule has 10 heteroatoms. The van der Waals surface area contributed by atoms with Gasteiger partial charge in [-0.25, -0.2) is 4.79 Å². The molecular formula is C21H23N5O3S2. The number of allylic oxidation sites excluding steroid dienone is 1. The monoisotopic (exact) mass is 457 g/mol. The van der Waals surface area contributed by atoms with Crippen molar-refractivity contribution in [1.82, 2.24) is 14.8 Å². The number of methoxy groups -OCH3 is 1. The zero-order chi connectivity index (χ0) is 22.2. The van der Waals surface area contributed by atoms with Crippen molar-refractivity contribution in [2.24, 2.45) is 0 Å². The lowest BCUT2D eigenvalue weighted by Crippen LogP contribution is -2.09. The number of nitrogens with one attached hydrogen (secondary N) is 4. The molecule has 162 valence electrons. The van der Waals surface area contributed by atoms with E-state index >= 15 is 0 Å². The van der Waals surface area contributed by atoms with Crippen molar-refractivity contribution in [3.63, 3.8) is 0 Å². The maximum atomic E-state index is 11.3. The van der Waals surface area contributed by atoms with Gasteiger partial charge in [-0.05, 0) is 72.8 Å². The summed E-state index contributed by atoms with van der Waals surface area (Å²) < 4.78 is 13.2. The van der Waals surface area contributed by atoms with Crippen LogP contribution < -0.4 is 15.4 Å². The number of esters is 1. The second kappa shape index (κ2) is 10.6. The van der Waals surface area contributed by atoms with Crippen molar-refractivity contribution in [2.45, 2.75) is 6.42 Å². The van der Waals surface area contributed by atoms with Gasteiger partial charge in [-0.2, -0.15) is 0 Å². The van der Waals surface area contributed by atoms with E-state index in [4.69, 9.17) is 29.2 Å². The van der Waals surface area contributed by atoms with E-state index in [0.29, 0.717) is 21.7 Å². The fourth-order valence-electron chi connectivity index (χ4n) is 2.93. The summed E-state index contributed by atoms with van der Waals surface area (Å²) in [7, 11) is 3.20. The van der Waals surface area contributed by atoms with Crippen LogP contribution in [-0.2, 0) is 16.0 Å². The summed E-state index contributed by atoms with van der Waals surface area (Å²) in [5.41, 5.74) is 3.67. The Morgan fingerprint density at radius 2 is 1.94 bits per heavy atom. The Labute approximate surface area is 189 Å². The smallest absolute Gasteiger partial charge is 0.330 e. The first-order chi connectivity index (χ1) is 15.0. The maximum Gasteiger partial charge on any atom is 0.330 e. The Morgan fingerprint density at radius 3 is 2.65 bits per heavy atom. The van der Waals surface area contributed by atoms with Gasteiger partial charge in [-0.1, -0.05) is 12.1 Å². The summed E-state index contributed by atoms with van der Waals surface area (Å²) in [6.07, 6.45) is 3.73. The van der Waals surface area contributed by atoms with Gasteiger partial charge < -0.3 is 20.1 Å². The van der Waals surface area contributed by atoms with Crippen molar-refractivity contribution >= 4 is 41.8 Å². The Morgan fingerprint density at radius 1 is 1.16 bits per heavy atom. The number of aromatic nitrogens is 3. The van der Waals surface area contributed by atoms with Crippen LogP contribution in [0.25, 0.3) is 5.69 Å². The predicted octanol–water partition coefficient (Wildman–Crippen LogP) is 4.35. The highest BCUT2D eigenvalue weighted by atomic mass is 32.1. The third kappa shape index (κ3) is 5.83. The third-order valence-corrected chi connectivity index (χ3v) is 5.01. The first-order valence-corrected chi connectivity index (χ1v) is 10.3. The molecule has 0 aliphatic carbocycles. The molecule has 0 atom stereocenters. The van der Waals surface area contributed by atoms with Gasteiger partial charge in [0.05, 0.1) is 12.8 Å². The van der Waals surface area contributed by atoms with E-state index < -0.39 is 0 Å². The first kappa shape index (κ1) is 22.3. The molecular weight excluding hydrogens is 434 g/mol. The normalized spacial score (nSPS) is 10.8. The van der Waals surface area contributed by atoms with Gasteiger partial charge in [0.1, 0.15) is 5.75 Å². The third-order valence-electron chi connectivity index (χ3n) is 4.44. The zero-order valence-electron chi connectivity index (χ0n) is 17.1. The van der Waals surface area contributed by atoms with Gasteiger partial charge in [0.25, 0.3) is 0 Å². The van der Waals surface area contributed by atoms with Crippen LogP contribution >= 0.6 is 24.4 Å². The highest BCUT2D eigenvalue weighted by molar-refractivity contribution is 7.72. The van der Waals surface area contributed by atoms with E-state index in [1.807, 2.05) is 49.5 Å². The largest absolute Gasteiger partial charge is 0.473 e. The van der Waals surface area contributed by atoms with E-state index in [1.165, 1.54) is 13.2 Å². The van der Waals surface area contributed by atoms with Crippen LogP contribution in [-0.4, -0.2) is 41.6 Å². The van der Waals surface area contributed by atoms with Crippen LogP contribution in [0, 0.1) is 9.54 Å². The number of carbonyl (C=O) groups excluding carboxylic acids is 1. The highest BCUT2D eigenvalue weighted by Gasteiger charge is 2.05. The molecule has 0 spiro atoms. The van der Waals surface area contributed by atoms with Gasteiger partial charge in [0.2, 0.25) is 0 Å². The summed E-state index contributed by atoms with van der Waals surface area (Å²) in [5.74, 6) is 0.325. The molecule has 0 aliphatic rings. The molecule has 0 bridgehead atoms. The minimum absolute atomic E-state index is 0.269. The van der Waals surface area contributed by atoms with Crippen molar-refractivity contribution < 1.29 is 14.3 Å². The van der Waals surface area contributed by atoms with Gasteiger partial charge in [0.15, 0.2) is 16.3 Å². The van der Waals surface area contributed by atoms with Crippen molar-refractivity contribution in [3.05, 3.63) is 69.7 Å². The molecule has 0 saturated heterocycles. The van der Waals surface area contributed by atoms with E-state index in [-0.39, 0.29) is 12.7 Å². The summed E-state index contributed by atoms with van der Waals surface area (Å²) in [6, 6.07) is 13.5. The Bertz CT molecular complexity index is 1170. The molecule has 0 aliphatic heterocycles. The molecule has 1 heterocycles.